The van der Waals surface area contributed by atoms with Crippen LogP contribution in [0.5, 0.6) is 0 Å². The normalized spacial score (nSPS) is 20.4. The first-order chi connectivity index (χ1) is 9.38. The van der Waals surface area contributed by atoms with Crippen LogP contribution in [0.4, 0.5) is 0 Å². The van der Waals surface area contributed by atoms with Crippen molar-refractivity contribution in [3.8, 4) is 0 Å². The van der Waals surface area contributed by atoms with Crippen LogP contribution >= 0.6 is 0 Å². The zero-order chi connectivity index (χ0) is 14.8. The molecule has 2 rings (SSSR count). The number of carbonyl (C=O) groups is 1. The molecule has 0 radical (unpaired) electrons. The van der Waals surface area contributed by atoms with Crippen LogP contribution in [0.3, 0.4) is 0 Å². The van der Waals surface area contributed by atoms with Crippen LogP contribution in [0, 0.1) is 0 Å². The zero-order valence-electron chi connectivity index (χ0n) is 11.6. The molecular formula is C11H19N5O3S. The Morgan fingerprint density at radius 1 is 1.50 bits per heavy atom. The predicted molar refractivity (Wildman–Crippen MR) is 72.3 cm³/mol. The van der Waals surface area contributed by atoms with Crippen LogP contribution in [-0.4, -0.2) is 71.2 Å². The molecule has 1 aromatic rings. The van der Waals surface area contributed by atoms with Gasteiger partial charge in [-0.1, -0.05) is 0 Å². The van der Waals surface area contributed by atoms with E-state index in [1.165, 1.54) is 13.4 Å². The quantitative estimate of drug-likeness (QED) is 0.736. The first kappa shape index (κ1) is 14.9. The summed E-state index contributed by atoms with van der Waals surface area (Å²) < 4.78 is 25.5. The van der Waals surface area contributed by atoms with Gasteiger partial charge in [0.25, 0.3) is 0 Å². The summed E-state index contributed by atoms with van der Waals surface area (Å²) in [6.45, 7) is 1.07. The van der Waals surface area contributed by atoms with Crippen LogP contribution in [-0.2, 0) is 14.8 Å². The third-order valence-corrected chi connectivity index (χ3v) is 4.75. The van der Waals surface area contributed by atoms with Crippen molar-refractivity contribution in [2.75, 3.05) is 32.9 Å². The maximum atomic E-state index is 12.1. The first-order valence-corrected chi connectivity index (χ1v) is 8.26. The van der Waals surface area contributed by atoms with E-state index in [0.717, 1.165) is 23.4 Å². The van der Waals surface area contributed by atoms with Crippen LogP contribution < -0.4 is 0 Å². The number of aromatic nitrogens is 3. The fraction of sp³-hybridized carbons (Fsp3) is 0.727. The average molecular weight is 301 g/mol. The Kier molecular flexibility index (Phi) is 4.39. The van der Waals surface area contributed by atoms with Crippen LogP contribution in [0.15, 0.2) is 12.7 Å². The molecule has 0 bridgehead atoms. The number of amides is 1. The Hall–Kier alpha value is -1.48. The van der Waals surface area contributed by atoms with E-state index in [1.807, 2.05) is 0 Å². The Bertz CT molecular complexity index is 557. The SMILES string of the molecule is CN(CC(=O)N1CCCC(n2cncn2)C1)S(C)(=O)=O. The second-order valence-electron chi connectivity index (χ2n) is 5.03. The minimum atomic E-state index is -3.34. The van der Waals surface area contributed by atoms with Gasteiger partial charge in [-0.2, -0.15) is 9.40 Å². The number of carbonyl (C=O) groups excluding carboxylic acids is 1. The fourth-order valence-corrected chi connectivity index (χ4v) is 2.56. The van der Waals surface area contributed by atoms with E-state index in [2.05, 4.69) is 10.1 Å². The van der Waals surface area contributed by atoms with Gasteiger partial charge in [0.05, 0.1) is 18.8 Å². The number of hydrogen-bond acceptors (Lipinski definition) is 5. The molecule has 9 heteroatoms. The summed E-state index contributed by atoms with van der Waals surface area (Å²) in [5.74, 6) is -0.178. The summed E-state index contributed by atoms with van der Waals surface area (Å²) in [6, 6.07) is 0.110. The molecular weight excluding hydrogens is 282 g/mol. The molecule has 0 aromatic carbocycles. The van der Waals surface area contributed by atoms with Crippen molar-refractivity contribution < 1.29 is 13.2 Å². The van der Waals surface area contributed by atoms with Crippen LogP contribution in [0.1, 0.15) is 18.9 Å². The molecule has 1 aliphatic rings. The fourth-order valence-electron chi connectivity index (χ4n) is 2.21. The molecule has 1 fully saturated rings. The lowest BCUT2D eigenvalue weighted by Crippen LogP contribution is -2.45. The topological polar surface area (TPSA) is 88.4 Å². The highest BCUT2D eigenvalue weighted by atomic mass is 32.2. The maximum absolute atomic E-state index is 12.1. The monoisotopic (exact) mass is 301 g/mol. The largest absolute Gasteiger partial charge is 0.339 e. The standard InChI is InChI=1S/C11H19N5O3S/c1-14(20(2,18)19)7-11(17)15-5-3-4-10(6-15)16-9-12-8-13-16/h8-10H,3-7H2,1-2H3. The minimum Gasteiger partial charge on any atom is -0.339 e. The van der Waals surface area contributed by atoms with Gasteiger partial charge < -0.3 is 4.90 Å². The Labute approximate surface area is 118 Å². The summed E-state index contributed by atoms with van der Waals surface area (Å²) in [5, 5.41) is 4.10. The molecule has 0 saturated carbocycles. The van der Waals surface area contributed by atoms with Crippen molar-refractivity contribution in [1.82, 2.24) is 24.0 Å². The van der Waals surface area contributed by atoms with E-state index in [4.69, 9.17) is 0 Å². The molecule has 0 N–H and O–H groups in total. The third-order valence-electron chi connectivity index (χ3n) is 3.48. The van der Waals surface area contributed by atoms with E-state index in [0.29, 0.717) is 13.1 Å². The zero-order valence-corrected chi connectivity index (χ0v) is 12.5. The predicted octanol–water partition coefficient (Wildman–Crippen LogP) is -0.667. The van der Waals surface area contributed by atoms with Gasteiger partial charge >= 0.3 is 0 Å². The second-order valence-corrected chi connectivity index (χ2v) is 7.12. The number of sulfonamides is 1. The summed E-state index contributed by atoms with van der Waals surface area (Å²) in [6.07, 6.45) is 6.02. The number of nitrogens with zero attached hydrogens (tertiary/aromatic N) is 5. The van der Waals surface area contributed by atoms with E-state index in [1.54, 1.807) is 15.9 Å². The third kappa shape index (κ3) is 3.54. The van der Waals surface area contributed by atoms with Crippen LogP contribution in [0.2, 0.25) is 0 Å². The van der Waals surface area contributed by atoms with E-state index in [-0.39, 0.29) is 18.5 Å². The molecule has 8 nitrogen and oxygen atoms in total. The highest BCUT2D eigenvalue weighted by Gasteiger charge is 2.27. The number of rotatable bonds is 4. The van der Waals surface area contributed by atoms with Crippen molar-refractivity contribution in [2.24, 2.45) is 0 Å². The van der Waals surface area contributed by atoms with Gasteiger partial charge in [0.2, 0.25) is 15.9 Å². The minimum absolute atomic E-state index is 0.110. The highest BCUT2D eigenvalue weighted by molar-refractivity contribution is 7.88. The highest BCUT2D eigenvalue weighted by Crippen LogP contribution is 2.20. The molecule has 2 heterocycles. The van der Waals surface area contributed by atoms with Crippen molar-refractivity contribution in [3.63, 3.8) is 0 Å². The van der Waals surface area contributed by atoms with Gasteiger partial charge in [0.1, 0.15) is 12.7 Å². The van der Waals surface area contributed by atoms with Gasteiger partial charge in [-0.05, 0) is 12.8 Å². The van der Waals surface area contributed by atoms with E-state index < -0.39 is 10.0 Å². The summed E-state index contributed by atoms with van der Waals surface area (Å²) in [4.78, 5) is 17.7. The number of piperidine rings is 1. The lowest BCUT2D eigenvalue weighted by atomic mass is 10.1. The van der Waals surface area contributed by atoms with Crippen molar-refractivity contribution in [2.45, 2.75) is 18.9 Å². The van der Waals surface area contributed by atoms with Gasteiger partial charge in [-0.15, -0.1) is 0 Å². The molecule has 1 atom stereocenters. The molecule has 1 saturated heterocycles. The lowest BCUT2D eigenvalue weighted by Gasteiger charge is -2.33. The molecule has 0 aliphatic carbocycles. The van der Waals surface area contributed by atoms with Gasteiger partial charge in [-0.3, -0.25) is 4.79 Å². The maximum Gasteiger partial charge on any atom is 0.237 e. The lowest BCUT2D eigenvalue weighted by molar-refractivity contribution is -0.132. The number of likely N-dealkylation sites (tertiary alicyclic amines) is 1. The molecule has 20 heavy (non-hydrogen) atoms. The van der Waals surface area contributed by atoms with E-state index >= 15 is 0 Å². The van der Waals surface area contributed by atoms with Gasteiger partial charge in [-0.25, -0.2) is 18.1 Å². The summed E-state index contributed by atoms with van der Waals surface area (Å²) in [7, 11) is -1.93. The Balaban J connectivity index is 1.97. The summed E-state index contributed by atoms with van der Waals surface area (Å²) in [5.41, 5.74) is 0. The smallest absolute Gasteiger partial charge is 0.237 e. The Morgan fingerprint density at radius 2 is 2.25 bits per heavy atom. The van der Waals surface area contributed by atoms with Crippen LogP contribution in [0.25, 0.3) is 0 Å². The van der Waals surface area contributed by atoms with Crippen molar-refractivity contribution >= 4 is 15.9 Å². The van der Waals surface area contributed by atoms with Crippen molar-refractivity contribution in [1.29, 1.82) is 0 Å². The van der Waals surface area contributed by atoms with Gasteiger partial charge in [0, 0.05) is 20.1 Å². The average Bonchev–Trinajstić information content (AvgIpc) is 2.91. The molecule has 1 aliphatic heterocycles. The Morgan fingerprint density at radius 3 is 2.85 bits per heavy atom. The second kappa shape index (κ2) is 5.88. The van der Waals surface area contributed by atoms with E-state index in [9.17, 15) is 13.2 Å². The summed E-state index contributed by atoms with van der Waals surface area (Å²) >= 11 is 0. The molecule has 112 valence electrons. The molecule has 1 unspecified atom stereocenters. The first-order valence-electron chi connectivity index (χ1n) is 6.41. The van der Waals surface area contributed by atoms with Gasteiger partial charge in [0.15, 0.2) is 0 Å². The number of hydrogen-bond donors (Lipinski definition) is 0. The number of likely N-dealkylation sites (N-methyl/N-ethyl adjacent to an activating group) is 1. The van der Waals surface area contributed by atoms with Crippen molar-refractivity contribution in [3.05, 3.63) is 12.7 Å². The molecule has 1 amide bonds. The molecule has 1 aromatic heterocycles. The molecule has 0 spiro atoms.